The van der Waals surface area contributed by atoms with E-state index in [1.807, 2.05) is 19.1 Å². The summed E-state index contributed by atoms with van der Waals surface area (Å²) in [7, 11) is 2.09. The number of thioether (sulfide) groups is 1. The van der Waals surface area contributed by atoms with Crippen LogP contribution in [0.15, 0.2) is 23.1 Å². The minimum atomic E-state index is -0.924. The maximum atomic E-state index is 11.4. The zero-order valence-electron chi connectivity index (χ0n) is 12.0. The normalized spacial score (nSPS) is 14.6. The van der Waals surface area contributed by atoms with E-state index in [1.54, 1.807) is 6.07 Å². The predicted molar refractivity (Wildman–Crippen MR) is 80.9 cm³/mol. The summed E-state index contributed by atoms with van der Waals surface area (Å²) in [4.78, 5) is 14.5. The van der Waals surface area contributed by atoms with Gasteiger partial charge < -0.3 is 14.7 Å². The summed E-state index contributed by atoms with van der Waals surface area (Å²) in [5.41, 5.74) is 0.286. The van der Waals surface area contributed by atoms with Gasteiger partial charge in [0.2, 0.25) is 0 Å². The van der Waals surface area contributed by atoms with E-state index in [4.69, 9.17) is 4.74 Å². The van der Waals surface area contributed by atoms with Crippen molar-refractivity contribution >= 4 is 17.7 Å². The van der Waals surface area contributed by atoms with Crippen LogP contribution in [0.4, 0.5) is 0 Å². The molecule has 0 aliphatic heterocycles. The first-order chi connectivity index (χ1) is 9.63. The molecule has 0 radical (unpaired) electrons. The van der Waals surface area contributed by atoms with Gasteiger partial charge in [-0.2, -0.15) is 0 Å². The van der Waals surface area contributed by atoms with Gasteiger partial charge >= 0.3 is 5.97 Å². The van der Waals surface area contributed by atoms with Gasteiger partial charge in [0.15, 0.2) is 0 Å². The van der Waals surface area contributed by atoms with Crippen molar-refractivity contribution in [2.24, 2.45) is 0 Å². The summed E-state index contributed by atoms with van der Waals surface area (Å²) in [5.74, 6) is 0.390. The second-order valence-electron chi connectivity index (χ2n) is 4.93. The molecule has 0 amide bonds. The molecule has 1 aliphatic carbocycles. The molecule has 2 rings (SSSR count). The Morgan fingerprint density at radius 2 is 2.25 bits per heavy atom. The lowest BCUT2D eigenvalue weighted by Crippen LogP contribution is -2.26. The number of carboxylic acids is 1. The van der Waals surface area contributed by atoms with E-state index in [0.29, 0.717) is 18.4 Å². The van der Waals surface area contributed by atoms with Crippen LogP contribution in [0.5, 0.6) is 5.75 Å². The van der Waals surface area contributed by atoms with Crippen LogP contribution in [-0.2, 0) is 0 Å². The van der Waals surface area contributed by atoms with Crippen LogP contribution < -0.4 is 4.74 Å². The molecule has 0 aromatic heterocycles. The Bertz CT molecular complexity index is 474. The largest absolute Gasteiger partial charge is 0.491 e. The van der Waals surface area contributed by atoms with Crippen molar-refractivity contribution in [1.29, 1.82) is 0 Å². The molecule has 1 aromatic rings. The molecule has 0 bridgehead atoms. The van der Waals surface area contributed by atoms with Crippen LogP contribution in [0.1, 0.15) is 30.1 Å². The van der Waals surface area contributed by atoms with Gasteiger partial charge in [0, 0.05) is 17.5 Å². The Hall–Kier alpha value is -1.20. The quantitative estimate of drug-likeness (QED) is 0.747. The highest BCUT2D eigenvalue weighted by molar-refractivity contribution is 7.99. The third kappa shape index (κ3) is 3.90. The zero-order valence-corrected chi connectivity index (χ0v) is 12.8. The van der Waals surface area contributed by atoms with Gasteiger partial charge in [-0.05, 0) is 37.8 Å². The fraction of sp³-hybridized carbons (Fsp3) is 0.533. The first kappa shape index (κ1) is 15.2. The van der Waals surface area contributed by atoms with E-state index < -0.39 is 5.97 Å². The number of benzene rings is 1. The average Bonchev–Trinajstić information content (AvgIpc) is 3.23. The number of carbonyl (C=O) groups is 1. The predicted octanol–water partition coefficient (Wildman–Crippen LogP) is 2.97. The van der Waals surface area contributed by atoms with Crippen LogP contribution in [0.2, 0.25) is 0 Å². The third-order valence-corrected chi connectivity index (χ3v) is 4.31. The van der Waals surface area contributed by atoms with Crippen molar-refractivity contribution in [2.75, 3.05) is 26.0 Å². The van der Waals surface area contributed by atoms with E-state index in [-0.39, 0.29) is 5.56 Å². The van der Waals surface area contributed by atoms with E-state index in [2.05, 4.69) is 11.9 Å². The molecule has 0 saturated heterocycles. The van der Waals surface area contributed by atoms with Crippen LogP contribution >= 0.6 is 11.8 Å². The molecule has 5 heteroatoms. The average molecular weight is 295 g/mol. The van der Waals surface area contributed by atoms with Crippen LogP contribution in [0.25, 0.3) is 0 Å². The summed E-state index contributed by atoms with van der Waals surface area (Å²) < 4.78 is 5.70. The first-order valence-corrected chi connectivity index (χ1v) is 7.94. The van der Waals surface area contributed by atoms with E-state index >= 15 is 0 Å². The highest BCUT2D eigenvalue weighted by Crippen LogP contribution is 2.30. The molecule has 0 atom stereocenters. The Morgan fingerprint density at radius 3 is 2.85 bits per heavy atom. The molecule has 1 aliphatic rings. The second-order valence-corrected chi connectivity index (χ2v) is 6.23. The molecule has 110 valence electrons. The maximum Gasteiger partial charge on any atom is 0.340 e. The molecule has 0 unspecified atom stereocenters. The first-order valence-electron chi connectivity index (χ1n) is 6.95. The van der Waals surface area contributed by atoms with E-state index in [1.165, 1.54) is 24.6 Å². The molecule has 20 heavy (non-hydrogen) atoms. The molecule has 1 fully saturated rings. The van der Waals surface area contributed by atoms with Crippen molar-refractivity contribution in [1.82, 2.24) is 4.90 Å². The van der Waals surface area contributed by atoms with Gasteiger partial charge in [-0.25, -0.2) is 4.79 Å². The second kappa shape index (κ2) is 6.99. The summed E-state index contributed by atoms with van der Waals surface area (Å²) in [6, 6.07) is 6.12. The van der Waals surface area contributed by atoms with Crippen molar-refractivity contribution in [3.05, 3.63) is 23.8 Å². The summed E-state index contributed by atoms with van der Waals surface area (Å²) in [6.07, 6.45) is 2.53. The van der Waals surface area contributed by atoms with Crippen LogP contribution in [-0.4, -0.2) is 48.0 Å². The topological polar surface area (TPSA) is 49.8 Å². The van der Waals surface area contributed by atoms with Crippen molar-refractivity contribution in [2.45, 2.75) is 30.7 Å². The number of rotatable bonds is 8. The number of hydrogen-bond acceptors (Lipinski definition) is 4. The summed E-state index contributed by atoms with van der Waals surface area (Å²) >= 11 is 1.53. The Morgan fingerprint density at radius 1 is 1.50 bits per heavy atom. The monoisotopic (exact) mass is 295 g/mol. The number of likely N-dealkylation sites (N-methyl/N-ethyl adjacent to an activating group) is 1. The fourth-order valence-electron chi connectivity index (χ4n) is 2.12. The smallest absolute Gasteiger partial charge is 0.340 e. The molecule has 1 aromatic carbocycles. The molecule has 1 saturated carbocycles. The number of ether oxygens (including phenoxy) is 1. The molecular formula is C15H21NO3S. The van der Waals surface area contributed by atoms with Gasteiger partial charge in [0.05, 0.1) is 0 Å². The minimum absolute atomic E-state index is 0.286. The highest BCUT2D eigenvalue weighted by Gasteiger charge is 2.25. The Balaban J connectivity index is 2.01. The maximum absolute atomic E-state index is 11.4. The molecule has 0 heterocycles. The van der Waals surface area contributed by atoms with Gasteiger partial charge in [-0.15, -0.1) is 11.8 Å². The van der Waals surface area contributed by atoms with Gasteiger partial charge in [0.25, 0.3) is 0 Å². The third-order valence-electron chi connectivity index (χ3n) is 3.37. The lowest BCUT2D eigenvalue weighted by Gasteiger charge is -2.17. The molecule has 0 spiro atoms. The molecular weight excluding hydrogens is 274 g/mol. The summed E-state index contributed by atoms with van der Waals surface area (Å²) in [6.45, 7) is 3.36. The minimum Gasteiger partial charge on any atom is -0.491 e. The van der Waals surface area contributed by atoms with E-state index in [0.717, 1.165) is 17.2 Å². The van der Waals surface area contributed by atoms with E-state index in [9.17, 15) is 9.90 Å². The Labute approximate surface area is 124 Å². The SMILES string of the molecule is CCSc1cccc(OCCN(C)C2CC2)c1C(=O)O. The van der Waals surface area contributed by atoms with Crippen molar-refractivity contribution in [3.63, 3.8) is 0 Å². The molecule has 1 N–H and O–H groups in total. The number of hydrogen-bond donors (Lipinski definition) is 1. The van der Waals surface area contributed by atoms with Crippen molar-refractivity contribution < 1.29 is 14.6 Å². The van der Waals surface area contributed by atoms with Gasteiger partial charge in [-0.1, -0.05) is 13.0 Å². The Kier molecular flexibility index (Phi) is 5.31. The summed E-state index contributed by atoms with van der Waals surface area (Å²) in [5, 5.41) is 9.38. The number of aromatic carboxylic acids is 1. The standard InChI is InChI=1S/C15H21NO3S/c1-3-20-13-6-4-5-12(14(13)15(17)18)19-10-9-16(2)11-7-8-11/h4-6,11H,3,7-10H2,1-2H3,(H,17,18). The number of nitrogens with zero attached hydrogens (tertiary/aromatic N) is 1. The van der Waals surface area contributed by atoms with Crippen molar-refractivity contribution in [3.8, 4) is 5.75 Å². The van der Waals surface area contributed by atoms with Gasteiger partial charge in [-0.3, -0.25) is 0 Å². The lowest BCUT2D eigenvalue weighted by atomic mass is 10.2. The van der Waals surface area contributed by atoms with Gasteiger partial charge in [0.1, 0.15) is 17.9 Å². The highest BCUT2D eigenvalue weighted by atomic mass is 32.2. The zero-order chi connectivity index (χ0) is 14.5. The fourth-order valence-corrected chi connectivity index (χ4v) is 2.93. The number of carboxylic acid groups (broad SMARTS) is 1. The van der Waals surface area contributed by atoms with Crippen LogP contribution in [0, 0.1) is 0 Å². The molecule has 4 nitrogen and oxygen atoms in total. The lowest BCUT2D eigenvalue weighted by molar-refractivity contribution is 0.0687. The van der Waals surface area contributed by atoms with Crippen LogP contribution in [0.3, 0.4) is 0 Å².